The van der Waals surface area contributed by atoms with Crippen molar-refractivity contribution in [3.63, 3.8) is 0 Å². The van der Waals surface area contributed by atoms with Crippen LogP contribution in [0.3, 0.4) is 0 Å². The lowest BCUT2D eigenvalue weighted by molar-refractivity contribution is 0.198. The standard InChI is InChI=1S/C10H11ClN4O/c1-2-15-8(7(11)6-14-15)9(16)10-12-4-3-5-13-10/h3-6,9,16H,2H2,1H3. The van der Waals surface area contributed by atoms with Crippen molar-refractivity contribution in [2.45, 2.75) is 19.6 Å². The zero-order valence-electron chi connectivity index (χ0n) is 8.71. The van der Waals surface area contributed by atoms with Crippen molar-refractivity contribution in [3.8, 4) is 0 Å². The number of aromatic nitrogens is 4. The van der Waals surface area contributed by atoms with Gasteiger partial charge >= 0.3 is 0 Å². The molecule has 6 heteroatoms. The molecule has 2 rings (SSSR count). The van der Waals surface area contributed by atoms with Gasteiger partial charge in [0.2, 0.25) is 0 Å². The summed E-state index contributed by atoms with van der Waals surface area (Å²) < 4.78 is 1.63. The number of nitrogens with zero attached hydrogens (tertiary/aromatic N) is 4. The molecule has 1 atom stereocenters. The minimum absolute atomic E-state index is 0.319. The number of halogens is 1. The van der Waals surface area contributed by atoms with Gasteiger partial charge in [-0.1, -0.05) is 11.6 Å². The minimum Gasteiger partial charge on any atom is -0.379 e. The van der Waals surface area contributed by atoms with Crippen LogP contribution in [0.15, 0.2) is 24.7 Å². The van der Waals surface area contributed by atoms with Gasteiger partial charge in [0.1, 0.15) is 0 Å². The Bertz CT molecular complexity index is 471. The van der Waals surface area contributed by atoms with Crippen LogP contribution in [-0.2, 0) is 6.54 Å². The monoisotopic (exact) mass is 238 g/mol. The Morgan fingerprint density at radius 3 is 2.75 bits per heavy atom. The summed E-state index contributed by atoms with van der Waals surface area (Å²) in [5, 5.41) is 14.6. The highest BCUT2D eigenvalue weighted by molar-refractivity contribution is 6.31. The fourth-order valence-corrected chi connectivity index (χ4v) is 1.71. The highest BCUT2D eigenvalue weighted by Crippen LogP contribution is 2.25. The van der Waals surface area contributed by atoms with Crippen LogP contribution in [0.2, 0.25) is 5.02 Å². The number of aryl methyl sites for hydroxylation is 1. The molecule has 0 aliphatic rings. The normalized spacial score (nSPS) is 12.7. The van der Waals surface area contributed by atoms with Gasteiger partial charge in [-0.2, -0.15) is 5.10 Å². The molecule has 0 radical (unpaired) electrons. The molecule has 2 aromatic rings. The van der Waals surface area contributed by atoms with Crippen molar-refractivity contribution < 1.29 is 5.11 Å². The molecule has 2 heterocycles. The summed E-state index contributed by atoms with van der Waals surface area (Å²) in [7, 11) is 0. The van der Waals surface area contributed by atoms with Crippen molar-refractivity contribution in [2.24, 2.45) is 0 Å². The second-order valence-electron chi connectivity index (χ2n) is 3.20. The van der Waals surface area contributed by atoms with Crippen LogP contribution in [0.5, 0.6) is 0 Å². The number of rotatable bonds is 3. The van der Waals surface area contributed by atoms with E-state index in [2.05, 4.69) is 15.1 Å². The summed E-state index contributed by atoms with van der Waals surface area (Å²) in [5.41, 5.74) is 0.523. The minimum atomic E-state index is -0.948. The van der Waals surface area contributed by atoms with Gasteiger partial charge in [0.25, 0.3) is 0 Å². The molecular weight excluding hydrogens is 228 g/mol. The van der Waals surface area contributed by atoms with E-state index in [-0.39, 0.29) is 0 Å². The predicted molar refractivity (Wildman–Crippen MR) is 59.0 cm³/mol. The molecule has 0 aromatic carbocycles. The Balaban J connectivity index is 2.41. The van der Waals surface area contributed by atoms with Gasteiger partial charge in [0, 0.05) is 18.9 Å². The second kappa shape index (κ2) is 4.59. The number of hydrogen-bond acceptors (Lipinski definition) is 4. The first-order valence-electron chi connectivity index (χ1n) is 4.90. The Labute approximate surface area is 97.7 Å². The number of aliphatic hydroxyl groups excluding tert-OH is 1. The second-order valence-corrected chi connectivity index (χ2v) is 3.61. The lowest BCUT2D eigenvalue weighted by Gasteiger charge is -2.11. The van der Waals surface area contributed by atoms with Gasteiger partial charge in [-0.25, -0.2) is 9.97 Å². The first kappa shape index (κ1) is 11.0. The van der Waals surface area contributed by atoms with Crippen LogP contribution < -0.4 is 0 Å². The average molecular weight is 239 g/mol. The van der Waals surface area contributed by atoms with Crippen LogP contribution in [0.4, 0.5) is 0 Å². The van der Waals surface area contributed by atoms with E-state index in [4.69, 9.17) is 11.6 Å². The maximum absolute atomic E-state index is 10.1. The molecular formula is C10H11ClN4O. The molecule has 1 unspecified atom stereocenters. The van der Waals surface area contributed by atoms with Crippen LogP contribution >= 0.6 is 11.6 Å². The van der Waals surface area contributed by atoms with Crippen molar-refractivity contribution in [3.05, 3.63) is 41.2 Å². The molecule has 2 aromatic heterocycles. The predicted octanol–water partition coefficient (Wildman–Crippen LogP) is 1.43. The third-order valence-electron chi connectivity index (χ3n) is 2.22. The third-order valence-corrected chi connectivity index (χ3v) is 2.51. The van der Waals surface area contributed by atoms with Crippen molar-refractivity contribution in [2.75, 3.05) is 0 Å². The third kappa shape index (κ3) is 1.91. The lowest BCUT2D eigenvalue weighted by Crippen LogP contribution is -2.12. The van der Waals surface area contributed by atoms with Crippen LogP contribution in [-0.4, -0.2) is 24.9 Å². The molecule has 1 N–H and O–H groups in total. The Morgan fingerprint density at radius 2 is 2.12 bits per heavy atom. The molecule has 0 aliphatic carbocycles. The maximum atomic E-state index is 10.1. The van der Waals surface area contributed by atoms with Crippen molar-refractivity contribution >= 4 is 11.6 Å². The lowest BCUT2D eigenvalue weighted by atomic mass is 10.2. The van der Waals surface area contributed by atoms with E-state index in [9.17, 15) is 5.11 Å². The van der Waals surface area contributed by atoms with Crippen LogP contribution in [0.1, 0.15) is 24.5 Å². The maximum Gasteiger partial charge on any atom is 0.163 e. The van der Waals surface area contributed by atoms with E-state index in [1.54, 1.807) is 23.1 Å². The first-order valence-corrected chi connectivity index (χ1v) is 5.28. The molecule has 84 valence electrons. The SMILES string of the molecule is CCn1ncc(Cl)c1C(O)c1ncccn1. The molecule has 0 bridgehead atoms. The molecule has 0 saturated carbocycles. The van der Waals surface area contributed by atoms with Crippen molar-refractivity contribution in [1.82, 2.24) is 19.7 Å². The smallest absolute Gasteiger partial charge is 0.163 e. The van der Waals surface area contributed by atoms with E-state index in [0.29, 0.717) is 23.1 Å². The summed E-state index contributed by atoms with van der Waals surface area (Å²) in [6.45, 7) is 2.55. The van der Waals surface area contributed by atoms with Gasteiger partial charge in [-0.15, -0.1) is 0 Å². The largest absolute Gasteiger partial charge is 0.379 e. The van der Waals surface area contributed by atoms with Gasteiger partial charge < -0.3 is 5.11 Å². The van der Waals surface area contributed by atoms with E-state index in [0.717, 1.165) is 0 Å². The average Bonchev–Trinajstić information content (AvgIpc) is 2.70. The van der Waals surface area contributed by atoms with Gasteiger partial charge in [-0.05, 0) is 13.0 Å². The Hall–Kier alpha value is -1.46. The quantitative estimate of drug-likeness (QED) is 0.879. The summed E-state index contributed by atoms with van der Waals surface area (Å²) in [6, 6.07) is 1.69. The van der Waals surface area contributed by atoms with Gasteiger partial charge in [-0.3, -0.25) is 4.68 Å². The molecule has 0 amide bonds. The van der Waals surface area contributed by atoms with Gasteiger partial charge in [0.15, 0.2) is 11.9 Å². The molecule has 16 heavy (non-hydrogen) atoms. The van der Waals surface area contributed by atoms with Crippen LogP contribution in [0.25, 0.3) is 0 Å². The summed E-state index contributed by atoms with van der Waals surface area (Å²) in [5.74, 6) is 0.319. The summed E-state index contributed by atoms with van der Waals surface area (Å²) in [4.78, 5) is 7.98. The fraction of sp³-hybridized carbons (Fsp3) is 0.300. The van der Waals surface area contributed by atoms with E-state index in [1.807, 2.05) is 6.92 Å². The molecule has 0 spiro atoms. The van der Waals surface area contributed by atoms with E-state index in [1.165, 1.54) is 6.20 Å². The summed E-state index contributed by atoms with van der Waals surface area (Å²) in [6.07, 6.45) is 3.71. The zero-order chi connectivity index (χ0) is 11.5. The van der Waals surface area contributed by atoms with Crippen molar-refractivity contribution in [1.29, 1.82) is 0 Å². The molecule has 0 fully saturated rings. The highest BCUT2D eigenvalue weighted by Gasteiger charge is 2.21. The Morgan fingerprint density at radius 1 is 1.44 bits per heavy atom. The first-order chi connectivity index (χ1) is 7.74. The number of hydrogen-bond donors (Lipinski definition) is 1. The zero-order valence-corrected chi connectivity index (χ0v) is 9.46. The highest BCUT2D eigenvalue weighted by atomic mass is 35.5. The molecule has 5 nitrogen and oxygen atoms in total. The number of aliphatic hydroxyl groups is 1. The van der Waals surface area contributed by atoms with Gasteiger partial charge in [0.05, 0.1) is 16.9 Å². The fourth-order valence-electron chi connectivity index (χ4n) is 1.47. The molecule has 0 saturated heterocycles. The Kier molecular flexibility index (Phi) is 3.17. The van der Waals surface area contributed by atoms with Crippen LogP contribution in [0, 0.1) is 0 Å². The van der Waals surface area contributed by atoms with E-state index >= 15 is 0 Å². The van der Waals surface area contributed by atoms with E-state index < -0.39 is 6.10 Å². The topological polar surface area (TPSA) is 63.8 Å². The molecule has 0 aliphatic heterocycles. The summed E-state index contributed by atoms with van der Waals surface area (Å²) >= 11 is 5.97.